The van der Waals surface area contributed by atoms with Crippen LogP contribution in [-0.2, 0) is 12.8 Å². The van der Waals surface area contributed by atoms with E-state index in [4.69, 9.17) is 0 Å². The second-order valence-electron chi connectivity index (χ2n) is 2.46. The minimum Gasteiger partial charge on any atom is -0.280 e. The predicted octanol–water partition coefficient (Wildman–Crippen LogP) is 2.08. The zero-order valence-electron chi connectivity index (χ0n) is 7.13. The van der Waals surface area contributed by atoms with E-state index in [1.165, 1.54) is 0 Å². The number of H-pyrrole nitrogens is 1. The van der Waals surface area contributed by atoms with Gasteiger partial charge in [-0.15, -0.1) is 0 Å². The van der Waals surface area contributed by atoms with Crippen molar-refractivity contribution in [1.29, 1.82) is 0 Å². The fourth-order valence-corrected chi connectivity index (χ4v) is 1.70. The first-order valence-electron chi connectivity index (χ1n) is 3.91. The molecule has 1 rings (SSSR count). The molecule has 0 saturated carbocycles. The van der Waals surface area contributed by atoms with Gasteiger partial charge < -0.3 is 0 Å². The molecule has 0 unspecified atom stereocenters. The van der Waals surface area contributed by atoms with Crippen LogP contribution in [0.5, 0.6) is 0 Å². The van der Waals surface area contributed by atoms with Gasteiger partial charge in [0.15, 0.2) is 0 Å². The second kappa shape index (κ2) is 4.08. The van der Waals surface area contributed by atoms with Crippen LogP contribution in [-0.4, -0.2) is 15.4 Å². The summed E-state index contributed by atoms with van der Waals surface area (Å²) in [5.74, 6) is 0. The molecule has 0 saturated heterocycles. The van der Waals surface area contributed by atoms with Crippen molar-refractivity contribution >= 4 is 28.6 Å². The molecule has 0 bridgehead atoms. The number of anilines is 1. The minimum absolute atomic E-state index is 0.806. The Morgan fingerprint density at radius 1 is 1.50 bits per heavy atom. The molecular weight excluding hydrogens is 269 g/mol. The van der Waals surface area contributed by atoms with E-state index in [2.05, 4.69) is 10.2 Å². The Morgan fingerprint density at radius 3 is 2.58 bits per heavy atom. The Bertz CT molecular complexity index is 238. The number of aromatic nitrogens is 2. The van der Waals surface area contributed by atoms with E-state index in [-0.39, 0.29) is 0 Å². The molecule has 1 aromatic rings. The quantitative estimate of drug-likeness (QED) is 0.506. The molecule has 0 aliphatic rings. The molecule has 0 aromatic carbocycles. The van der Waals surface area contributed by atoms with Gasteiger partial charge in [0.2, 0.25) is 0 Å². The van der Waals surface area contributed by atoms with Gasteiger partial charge in [-0.25, -0.2) is 0 Å². The molecule has 1 aromatic heterocycles. The first-order chi connectivity index (χ1) is 5.70. The molecule has 0 radical (unpaired) electrons. The third-order valence-corrected chi connectivity index (χ3v) is 2.24. The third-order valence-electron chi connectivity index (χ3n) is 1.76. The van der Waals surface area contributed by atoms with Crippen LogP contribution in [0.3, 0.4) is 0 Å². The summed E-state index contributed by atoms with van der Waals surface area (Å²) < 4.78 is 1.10. The minimum atomic E-state index is 0.806. The maximum atomic E-state index is 9.30. The lowest BCUT2D eigenvalue weighted by Gasteiger charge is -2.08. The van der Waals surface area contributed by atoms with Crippen molar-refractivity contribution in [2.75, 3.05) is 3.28 Å². The van der Waals surface area contributed by atoms with Gasteiger partial charge in [-0.1, -0.05) is 13.8 Å². The van der Waals surface area contributed by atoms with Crippen molar-refractivity contribution in [2.45, 2.75) is 26.7 Å². The molecule has 5 heteroatoms. The molecule has 12 heavy (non-hydrogen) atoms. The number of aromatic amines is 1. The number of nitrogens with zero attached hydrogens (tertiary/aromatic N) is 2. The van der Waals surface area contributed by atoms with Crippen molar-refractivity contribution in [3.8, 4) is 0 Å². The van der Waals surface area contributed by atoms with Gasteiger partial charge >= 0.3 is 0 Å². The van der Waals surface area contributed by atoms with Gasteiger partial charge in [0.05, 0.1) is 34.3 Å². The van der Waals surface area contributed by atoms with Crippen molar-refractivity contribution in [3.63, 3.8) is 0 Å². The molecule has 0 aliphatic carbocycles. The van der Waals surface area contributed by atoms with Crippen LogP contribution in [0.25, 0.3) is 0 Å². The Labute approximate surface area is 85.4 Å². The molecule has 0 atom stereocenters. The predicted molar refractivity (Wildman–Crippen MR) is 55.6 cm³/mol. The highest BCUT2D eigenvalue weighted by Gasteiger charge is 2.13. The van der Waals surface area contributed by atoms with Crippen molar-refractivity contribution in [3.05, 3.63) is 11.4 Å². The highest BCUT2D eigenvalue weighted by atomic mass is 127. The van der Waals surface area contributed by atoms with Gasteiger partial charge in [-0.2, -0.15) is 8.38 Å². The summed E-state index contributed by atoms with van der Waals surface area (Å²) in [7, 11) is 0. The maximum Gasteiger partial charge on any atom is 0.119 e. The van der Waals surface area contributed by atoms with E-state index >= 15 is 0 Å². The molecule has 0 spiro atoms. The Balaban J connectivity index is 3.07. The van der Waals surface area contributed by atoms with Crippen LogP contribution in [0.2, 0.25) is 0 Å². The topological polar surface area (TPSA) is 52.2 Å². The van der Waals surface area contributed by atoms with Crippen LogP contribution in [0.1, 0.15) is 25.2 Å². The number of aryl methyl sites for hydroxylation is 2. The summed E-state index contributed by atoms with van der Waals surface area (Å²) >= 11 is 1.83. The number of halogens is 1. The molecule has 4 nitrogen and oxygen atoms in total. The fourth-order valence-electron chi connectivity index (χ4n) is 1.13. The monoisotopic (exact) mass is 281 g/mol. The molecule has 0 fully saturated rings. The van der Waals surface area contributed by atoms with E-state index in [0.717, 1.165) is 33.2 Å². The average molecular weight is 281 g/mol. The first kappa shape index (κ1) is 9.79. The van der Waals surface area contributed by atoms with Crippen LogP contribution in [0, 0.1) is 0 Å². The SMILES string of the molecule is CCc1n[nH]c(CC)c1N(O)I. The third kappa shape index (κ3) is 1.71. The highest BCUT2D eigenvalue weighted by molar-refractivity contribution is 14.1. The lowest BCUT2D eigenvalue weighted by Crippen LogP contribution is -2.04. The average Bonchev–Trinajstić information content (AvgIpc) is 2.46. The van der Waals surface area contributed by atoms with Crippen molar-refractivity contribution in [2.24, 2.45) is 0 Å². The highest BCUT2D eigenvalue weighted by Crippen LogP contribution is 2.25. The zero-order chi connectivity index (χ0) is 9.14. The smallest absolute Gasteiger partial charge is 0.119 e. The Morgan fingerprint density at radius 2 is 2.17 bits per heavy atom. The summed E-state index contributed by atoms with van der Waals surface area (Å²) in [5, 5.41) is 16.3. The molecule has 68 valence electrons. The van der Waals surface area contributed by atoms with E-state index in [1.54, 1.807) is 0 Å². The van der Waals surface area contributed by atoms with E-state index < -0.39 is 0 Å². The van der Waals surface area contributed by atoms with Gasteiger partial charge in [-0.3, -0.25) is 10.3 Å². The summed E-state index contributed by atoms with van der Waals surface area (Å²) in [5.41, 5.74) is 2.69. The van der Waals surface area contributed by atoms with E-state index in [1.807, 2.05) is 36.7 Å². The fraction of sp³-hybridized carbons (Fsp3) is 0.571. The Hall–Kier alpha value is -0.300. The summed E-state index contributed by atoms with van der Waals surface area (Å²) in [4.78, 5) is 0. The van der Waals surface area contributed by atoms with E-state index in [0.29, 0.717) is 0 Å². The largest absolute Gasteiger partial charge is 0.280 e. The van der Waals surface area contributed by atoms with Crippen LogP contribution < -0.4 is 3.28 Å². The van der Waals surface area contributed by atoms with Gasteiger partial charge in [-0.05, 0) is 12.8 Å². The maximum absolute atomic E-state index is 9.30. The standard InChI is InChI=1S/C7H12IN3O/c1-3-5-7(11(8)12)6(4-2)10-9-5/h12H,3-4H2,1-2H3,(H,9,10). The molecular formula is C7H12IN3O. The summed E-state index contributed by atoms with van der Waals surface area (Å²) in [6.07, 6.45) is 1.67. The normalized spacial score (nSPS) is 10.3. The molecule has 2 N–H and O–H groups in total. The summed E-state index contributed by atoms with van der Waals surface area (Å²) in [6.45, 7) is 4.04. The van der Waals surface area contributed by atoms with Gasteiger partial charge in [0, 0.05) is 0 Å². The van der Waals surface area contributed by atoms with Crippen LogP contribution in [0.15, 0.2) is 0 Å². The van der Waals surface area contributed by atoms with Crippen molar-refractivity contribution < 1.29 is 5.21 Å². The number of nitrogens with one attached hydrogen (secondary N) is 1. The lowest BCUT2D eigenvalue weighted by atomic mass is 10.2. The van der Waals surface area contributed by atoms with Crippen molar-refractivity contribution in [1.82, 2.24) is 10.2 Å². The van der Waals surface area contributed by atoms with Crippen LogP contribution in [0.4, 0.5) is 5.69 Å². The van der Waals surface area contributed by atoms with E-state index in [9.17, 15) is 5.21 Å². The van der Waals surface area contributed by atoms with Gasteiger partial charge in [0.25, 0.3) is 0 Å². The zero-order valence-corrected chi connectivity index (χ0v) is 9.29. The number of hydrogen-bond donors (Lipinski definition) is 2. The summed E-state index contributed by atoms with van der Waals surface area (Å²) in [6, 6.07) is 0. The first-order valence-corrected chi connectivity index (χ1v) is 4.88. The molecule has 0 amide bonds. The molecule has 0 aliphatic heterocycles. The lowest BCUT2D eigenvalue weighted by molar-refractivity contribution is 0.344. The second-order valence-corrected chi connectivity index (χ2v) is 3.38. The Kier molecular flexibility index (Phi) is 3.33. The number of rotatable bonds is 3. The molecule has 1 heterocycles. The van der Waals surface area contributed by atoms with Crippen LogP contribution >= 0.6 is 22.9 Å². The van der Waals surface area contributed by atoms with Gasteiger partial charge in [0.1, 0.15) is 5.69 Å². The number of hydrogen-bond acceptors (Lipinski definition) is 3.